The molecule has 0 spiro atoms. The van der Waals surface area contributed by atoms with E-state index in [2.05, 4.69) is 10.6 Å². The van der Waals surface area contributed by atoms with E-state index in [4.69, 9.17) is 56.2 Å². The van der Waals surface area contributed by atoms with Gasteiger partial charge in [-0.05, 0) is 105 Å². The molecule has 15 rings (SSSR count). The molecule has 2 heterocycles. The molecule has 18 nitrogen and oxygen atoms in total. The van der Waals surface area contributed by atoms with Crippen LogP contribution in [0.1, 0.15) is 81.3 Å². The van der Waals surface area contributed by atoms with E-state index < -0.39 is 10.9 Å². The normalized spacial score (nSPS) is 11.0. The van der Waals surface area contributed by atoms with E-state index in [1.165, 1.54) is 0 Å². The maximum Gasteiger partial charge on any atom is 0.239 e. The molecular formula is C102H88N2O16. The molecule has 602 valence electrons. The van der Waals surface area contributed by atoms with Gasteiger partial charge >= 0.3 is 0 Å². The highest BCUT2D eigenvalue weighted by Crippen LogP contribution is 2.43. The molecule has 13 aromatic carbocycles. The van der Waals surface area contributed by atoms with Crippen molar-refractivity contribution in [2.24, 2.45) is 0 Å². The van der Waals surface area contributed by atoms with Crippen LogP contribution >= 0.6 is 0 Å². The minimum Gasteiger partial charge on any atom is -0.489 e. The van der Waals surface area contributed by atoms with Crippen molar-refractivity contribution in [3.63, 3.8) is 0 Å². The zero-order chi connectivity index (χ0) is 81.9. The molecule has 15 aromatic rings. The molecule has 120 heavy (non-hydrogen) atoms. The summed E-state index contributed by atoms with van der Waals surface area (Å²) in [5.41, 5.74) is 9.45. The molecule has 0 saturated heterocycles. The van der Waals surface area contributed by atoms with Crippen molar-refractivity contribution in [1.82, 2.24) is 10.6 Å². The maximum absolute atomic E-state index is 15.3. The van der Waals surface area contributed by atoms with Gasteiger partial charge < -0.3 is 66.8 Å². The van der Waals surface area contributed by atoms with Gasteiger partial charge in [0.05, 0.1) is 13.2 Å². The zero-order valence-corrected chi connectivity index (χ0v) is 66.0. The number of ether oxygens (including phenoxy) is 10. The van der Waals surface area contributed by atoms with Crippen molar-refractivity contribution in [2.45, 2.75) is 91.6 Å². The van der Waals surface area contributed by atoms with E-state index in [1.54, 1.807) is 60.7 Å². The number of fused-ring (bicyclic) bond motifs is 2. The first-order chi connectivity index (χ1) is 59.1. The van der Waals surface area contributed by atoms with Crippen LogP contribution in [0.25, 0.3) is 44.6 Å². The summed E-state index contributed by atoms with van der Waals surface area (Å²) in [6, 6.07) is 103. The highest BCUT2D eigenvalue weighted by atomic mass is 16.5. The van der Waals surface area contributed by atoms with Gasteiger partial charge in [0.25, 0.3) is 0 Å². The fraction of sp³-hybridized carbons (Fsp3) is 0.157. The molecule has 0 radical (unpaired) electrons. The van der Waals surface area contributed by atoms with Crippen molar-refractivity contribution in [1.29, 1.82) is 0 Å². The SMILES string of the molecule is O=C(CCCOc1c(-c2ccc(OCc3ccccc3)c(OCc3ccccc3)c2)oc2cc(OCc3ccccc3)cc(OCc3ccccc3)c2c1=O)NCc1ccc(CNC(=O)CCCOc2c(-c3ccc(OCc4ccccc4)c(OCc4ccccc4)c3)oc3cc(OCc4ccccc4)cc(OCc4ccccc4)c3c2=O)cc1. The second-order valence-electron chi connectivity index (χ2n) is 28.6. The minimum atomic E-state index is -0.492. The third-order valence-corrected chi connectivity index (χ3v) is 19.7. The minimum absolute atomic E-state index is 0.0317. The lowest BCUT2D eigenvalue weighted by Crippen LogP contribution is -2.24. The Balaban J connectivity index is 0.610. The summed E-state index contributed by atoms with van der Waals surface area (Å²) in [5.74, 6) is 2.64. The summed E-state index contributed by atoms with van der Waals surface area (Å²) in [6.07, 6.45) is 0.616. The van der Waals surface area contributed by atoms with E-state index in [1.807, 2.05) is 267 Å². The fourth-order valence-corrected chi connectivity index (χ4v) is 13.3. The number of hydrogen-bond acceptors (Lipinski definition) is 16. The van der Waals surface area contributed by atoms with Crippen molar-refractivity contribution in [3.8, 4) is 80.1 Å². The second kappa shape index (κ2) is 40.7. The van der Waals surface area contributed by atoms with Gasteiger partial charge in [-0.1, -0.05) is 267 Å². The zero-order valence-electron chi connectivity index (χ0n) is 66.0. The maximum atomic E-state index is 15.3. The smallest absolute Gasteiger partial charge is 0.239 e. The molecule has 0 aliphatic heterocycles. The molecule has 0 atom stereocenters. The highest BCUT2D eigenvalue weighted by Gasteiger charge is 2.27. The van der Waals surface area contributed by atoms with Gasteiger partial charge in [-0.2, -0.15) is 0 Å². The topological polar surface area (TPSA) is 211 Å². The molecule has 18 heteroatoms. The van der Waals surface area contributed by atoms with Crippen LogP contribution in [-0.4, -0.2) is 25.0 Å². The lowest BCUT2D eigenvalue weighted by Gasteiger charge is -2.17. The molecule has 0 unspecified atom stereocenters. The lowest BCUT2D eigenvalue weighted by molar-refractivity contribution is -0.122. The molecule has 2 aromatic heterocycles. The fourth-order valence-electron chi connectivity index (χ4n) is 13.3. The third-order valence-electron chi connectivity index (χ3n) is 19.7. The predicted octanol–water partition coefficient (Wildman–Crippen LogP) is 20.8. The molecular weight excluding hydrogens is 1510 g/mol. The van der Waals surface area contributed by atoms with Gasteiger partial charge in [0, 0.05) is 61.3 Å². The van der Waals surface area contributed by atoms with E-state index in [9.17, 15) is 9.59 Å². The van der Waals surface area contributed by atoms with E-state index >= 15 is 9.59 Å². The average Bonchev–Trinajstić information content (AvgIpc) is 0.759. The van der Waals surface area contributed by atoms with Crippen LogP contribution < -0.4 is 68.9 Å². The number of carbonyl (C=O) groups is 2. The number of amides is 2. The number of hydrogen-bond donors (Lipinski definition) is 2. The highest BCUT2D eigenvalue weighted by molar-refractivity contribution is 5.90. The van der Waals surface area contributed by atoms with Crippen LogP contribution in [-0.2, 0) is 75.5 Å². The molecule has 0 bridgehead atoms. The molecule has 0 fully saturated rings. The summed E-state index contributed by atoms with van der Waals surface area (Å²) in [6.45, 7) is 2.16. The van der Waals surface area contributed by atoms with Crippen LogP contribution in [0.3, 0.4) is 0 Å². The number of rotatable bonds is 40. The monoisotopic (exact) mass is 1600 g/mol. The first-order valence-electron chi connectivity index (χ1n) is 39.9. The summed E-state index contributed by atoms with van der Waals surface area (Å²) >= 11 is 0. The largest absolute Gasteiger partial charge is 0.489 e. The molecule has 0 saturated carbocycles. The van der Waals surface area contributed by atoms with E-state index in [-0.39, 0.29) is 173 Å². The Labute approximate surface area is 695 Å². The van der Waals surface area contributed by atoms with Crippen LogP contribution in [0.2, 0.25) is 0 Å². The Morgan fingerprint density at radius 3 is 0.817 bits per heavy atom. The molecule has 2 N–H and O–H groups in total. The lowest BCUT2D eigenvalue weighted by atomic mass is 10.1. The van der Waals surface area contributed by atoms with Gasteiger partial charge in [0.15, 0.2) is 34.5 Å². The Kier molecular flexibility index (Phi) is 27.3. The van der Waals surface area contributed by atoms with E-state index in [0.717, 1.165) is 55.6 Å². The predicted molar refractivity (Wildman–Crippen MR) is 462 cm³/mol. The molecule has 2 amide bonds. The standard InChI is InChI=1S/C102H88N2O16/c105-93(43-25-53-109-101-97(107)95-89(117-69-79-39-21-7-22-40-79)57-83(111-63-73-27-9-1-10-28-73)59-91(95)119-99(101)81-49-51-85(113-65-75-31-13-3-14-32-75)87(55-81)115-67-77-35-17-5-18-36-77)103-61-71-45-47-72(48-46-71)62-104-94(106)44-26-54-110-102-98(108)96-90(118-70-80-41-23-8-24-42-80)58-84(112-64-74-29-11-2-12-30-74)60-92(96)120-100(102)82-50-52-86(114-66-76-33-15-4-16-34-76)88(56-82)116-68-78-37-19-6-20-38-78/h1-24,27-42,45-52,55-60H,25-26,43-44,53-54,61-70H2,(H,103,105)(H,104,106). The Bertz CT molecular complexity index is 5630. The quantitative estimate of drug-likeness (QED) is 0.0342. The van der Waals surface area contributed by atoms with Crippen molar-refractivity contribution >= 4 is 33.8 Å². The van der Waals surface area contributed by atoms with Crippen LogP contribution in [0.4, 0.5) is 0 Å². The van der Waals surface area contributed by atoms with Gasteiger partial charge in [0.2, 0.25) is 34.2 Å². The van der Waals surface area contributed by atoms with Crippen LogP contribution in [0.5, 0.6) is 57.5 Å². The van der Waals surface area contributed by atoms with Gasteiger partial charge in [-0.3, -0.25) is 19.2 Å². The van der Waals surface area contributed by atoms with Crippen LogP contribution in [0, 0.1) is 0 Å². The Morgan fingerprint density at radius 1 is 0.258 bits per heavy atom. The first-order valence-corrected chi connectivity index (χ1v) is 39.9. The van der Waals surface area contributed by atoms with Crippen molar-refractivity contribution < 1.29 is 65.8 Å². The summed E-state index contributed by atoms with van der Waals surface area (Å²) in [5, 5.41) is 6.32. The summed E-state index contributed by atoms with van der Waals surface area (Å²) in [7, 11) is 0. The van der Waals surface area contributed by atoms with Gasteiger partial charge in [0.1, 0.15) is 97.8 Å². The number of nitrogens with one attached hydrogen (secondary N) is 2. The Hall–Kier alpha value is -14.8. The van der Waals surface area contributed by atoms with Crippen molar-refractivity contribution in [2.75, 3.05) is 13.2 Å². The van der Waals surface area contributed by atoms with E-state index in [0.29, 0.717) is 45.6 Å². The third kappa shape index (κ3) is 22.0. The van der Waals surface area contributed by atoms with Gasteiger partial charge in [-0.15, -0.1) is 0 Å². The number of benzene rings is 13. The molecule has 0 aliphatic rings. The van der Waals surface area contributed by atoms with Gasteiger partial charge in [-0.25, -0.2) is 0 Å². The average molecular weight is 1600 g/mol. The number of carbonyl (C=O) groups excluding carboxylic acids is 2. The van der Waals surface area contributed by atoms with Crippen LogP contribution in [0.15, 0.2) is 346 Å². The Morgan fingerprint density at radius 2 is 0.525 bits per heavy atom. The molecule has 0 aliphatic carbocycles. The summed E-state index contributed by atoms with van der Waals surface area (Å²) < 4.78 is 78.2. The van der Waals surface area contributed by atoms with Crippen molar-refractivity contribution in [3.05, 3.63) is 404 Å². The first kappa shape index (κ1) is 80.4. The summed E-state index contributed by atoms with van der Waals surface area (Å²) in [4.78, 5) is 57.9. The second-order valence-corrected chi connectivity index (χ2v) is 28.6.